The Bertz CT molecular complexity index is 885. The van der Waals surface area contributed by atoms with Gasteiger partial charge < -0.3 is 9.64 Å². The van der Waals surface area contributed by atoms with Crippen LogP contribution >= 0.6 is 0 Å². The molecular weight excluding hydrogens is 357 g/mol. The molecule has 146 valence electrons. The monoisotopic (exact) mass is 381 g/mol. The van der Waals surface area contributed by atoms with Crippen LogP contribution in [0.5, 0.6) is 0 Å². The van der Waals surface area contributed by atoms with Gasteiger partial charge in [0.05, 0.1) is 6.61 Å². The van der Waals surface area contributed by atoms with Crippen molar-refractivity contribution in [2.24, 2.45) is 5.92 Å². The maximum absolute atomic E-state index is 13.4. The number of carbonyl (C=O) groups is 2. The van der Waals surface area contributed by atoms with E-state index >= 15 is 0 Å². The number of hydrogen-bond donors (Lipinski definition) is 0. The molecule has 0 saturated heterocycles. The Morgan fingerprint density at radius 1 is 1.11 bits per heavy atom. The minimum Gasteiger partial charge on any atom is -0.465 e. The van der Waals surface area contributed by atoms with Gasteiger partial charge in [-0.05, 0) is 60.4 Å². The van der Waals surface area contributed by atoms with Crippen molar-refractivity contribution in [1.82, 2.24) is 0 Å². The van der Waals surface area contributed by atoms with Crippen LogP contribution < -0.4 is 4.90 Å². The molecule has 0 amide bonds. The van der Waals surface area contributed by atoms with E-state index in [0.29, 0.717) is 6.42 Å². The highest BCUT2D eigenvalue weighted by molar-refractivity contribution is 6.10. The number of allylic oxidation sites excluding steroid dienone is 2. The van der Waals surface area contributed by atoms with Gasteiger partial charge in [0.2, 0.25) is 0 Å². The van der Waals surface area contributed by atoms with Crippen molar-refractivity contribution in [3.63, 3.8) is 0 Å². The molecule has 2 unspecified atom stereocenters. The molecule has 0 aliphatic heterocycles. The molecule has 0 spiro atoms. The molecule has 1 aliphatic carbocycles. The van der Waals surface area contributed by atoms with Crippen molar-refractivity contribution in [3.05, 3.63) is 71.6 Å². The van der Waals surface area contributed by atoms with Crippen molar-refractivity contribution in [2.75, 3.05) is 25.6 Å². The number of anilines is 1. The zero-order valence-electron chi connectivity index (χ0n) is 16.3. The van der Waals surface area contributed by atoms with Gasteiger partial charge in [-0.1, -0.05) is 24.3 Å². The molecule has 0 heterocycles. The van der Waals surface area contributed by atoms with Crippen molar-refractivity contribution in [3.8, 4) is 0 Å². The van der Waals surface area contributed by atoms with Gasteiger partial charge in [0, 0.05) is 25.7 Å². The van der Waals surface area contributed by atoms with Crippen LogP contribution in [0.1, 0.15) is 30.4 Å². The standard InChI is InChI=1S/C23H24FNO3/c1-4-28-23(27)22-20(16-5-9-18(24)10-6-16)13-17(14-21(22)26)15-7-11-19(12-8-15)25(2)3/h5-12,14,20,22H,4,13H2,1-3H3. The fraction of sp³-hybridized carbons (Fsp3) is 0.304. The summed E-state index contributed by atoms with van der Waals surface area (Å²) < 4.78 is 18.5. The van der Waals surface area contributed by atoms with E-state index in [1.54, 1.807) is 25.1 Å². The molecule has 0 radical (unpaired) electrons. The van der Waals surface area contributed by atoms with Gasteiger partial charge in [0.15, 0.2) is 5.78 Å². The number of rotatable bonds is 5. The van der Waals surface area contributed by atoms with E-state index in [1.807, 2.05) is 43.3 Å². The number of ether oxygens (including phenoxy) is 1. The van der Waals surface area contributed by atoms with Gasteiger partial charge in [-0.3, -0.25) is 9.59 Å². The van der Waals surface area contributed by atoms with E-state index in [1.165, 1.54) is 12.1 Å². The van der Waals surface area contributed by atoms with Crippen molar-refractivity contribution >= 4 is 23.0 Å². The third-order valence-electron chi connectivity index (χ3n) is 5.06. The zero-order valence-corrected chi connectivity index (χ0v) is 16.3. The minimum absolute atomic E-state index is 0.210. The second kappa shape index (κ2) is 8.38. The molecule has 2 atom stereocenters. The number of ketones is 1. The van der Waals surface area contributed by atoms with Crippen LogP contribution in [0.25, 0.3) is 5.57 Å². The summed E-state index contributed by atoms with van der Waals surface area (Å²) in [6, 6.07) is 13.9. The van der Waals surface area contributed by atoms with Crippen LogP contribution in [0.2, 0.25) is 0 Å². The number of esters is 1. The SMILES string of the molecule is CCOC(=O)C1C(=O)C=C(c2ccc(N(C)C)cc2)CC1c1ccc(F)cc1. The third kappa shape index (κ3) is 4.14. The van der Waals surface area contributed by atoms with Gasteiger partial charge in [-0.25, -0.2) is 4.39 Å². The molecular formula is C23H24FNO3. The highest BCUT2D eigenvalue weighted by Gasteiger charge is 2.39. The molecule has 0 bridgehead atoms. The number of nitrogens with zero attached hydrogens (tertiary/aromatic N) is 1. The number of halogens is 1. The van der Waals surface area contributed by atoms with Gasteiger partial charge in [-0.2, -0.15) is 0 Å². The third-order valence-corrected chi connectivity index (χ3v) is 5.06. The first kappa shape index (κ1) is 19.8. The lowest BCUT2D eigenvalue weighted by Gasteiger charge is -2.29. The smallest absolute Gasteiger partial charge is 0.317 e. The van der Waals surface area contributed by atoms with Gasteiger partial charge in [-0.15, -0.1) is 0 Å². The fourth-order valence-electron chi connectivity index (χ4n) is 3.58. The normalized spacial score (nSPS) is 19.1. The van der Waals surface area contributed by atoms with E-state index in [9.17, 15) is 14.0 Å². The summed E-state index contributed by atoms with van der Waals surface area (Å²) in [5, 5.41) is 0. The zero-order chi connectivity index (χ0) is 20.3. The summed E-state index contributed by atoms with van der Waals surface area (Å²) in [5.74, 6) is -2.45. The summed E-state index contributed by atoms with van der Waals surface area (Å²) in [6.45, 7) is 1.92. The Morgan fingerprint density at radius 3 is 2.32 bits per heavy atom. The quantitative estimate of drug-likeness (QED) is 0.575. The second-order valence-corrected chi connectivity index (χ2v) is 7.11. The van der Waals surface area contributed by atoms with Crippen LogP contribution in [-0.2, 0) is 14.3 Å². The first-order valence-corrected chi connectivity index (χ1v) is 9.35. The van der Waals surface area contributed by atoms with E-state index in [2.05, 4.69) is 0 Å². The van der Waals surface area contributed by atoms with E-state index in [-0.39, 0.29) is 24.1 Å². The summed E-state index contributed by atoms with van der Waals surface area (Å²) in [4.78, 5) is 27.3. The molecule has 0 aromatic heterocycles. The van der Waals surface area contributed by atoms with Crippen LogP contribution in [0, 0.1) is 11.7 Å². The van der Waals surface area contributed by atoms with Crippen LogP contribution in [0.4, 0.5) is 10.1 Å². The largest absolute Gasteiger partial charge is 0.465 e. The molecule has 4 nitrogen and oxygen atoms in total. The highest BCUT2D eigenvalue weighted by atomic mass is 19.1. The molecule has 0 N–H and O–H groups in total. The summed E-state index contributed by atoms with van der Waals surface area (Å²) in [5.41, 5.74) is 3.62. The predicted molar refractivity (Wildman–Crippen MR) is 108 cm³/mol. The predicted octanol–water partition coefficient (Wildman–Crippen LogP) is 4.21. The van der Waals surface area contributed by atoms with E-state index in [0.717, 1.165) is 22.4 Å². The van der Waals surface area contributed by atoms with Crippen LogP contribution in [-0.4, -0.2) is 32.5 Å². The number of carbonyl (C=O) groups excluding carboxylic acids is 2. The topological polar surface area (TPSA) is 46.6 Å². The van der Waals surface area contributed by atoms with Crippen LogP contribution in [0.15, 0.2) is 54.6 Å². The molecule has 1 aliphatic rings. The number of hydrogen-bond acceptors (Lipinski definition) is 4. The Morgan fingerprint density at radius 2 is 1.75 bits per heavy atom. The minimum atomic E-state index is -0.907. The Hall–Kier alpha value is -2.95. The molecule has 0 fully saturated rings. The Kier molecular flexibility index (Phi) is 5.93. The van der Waals surface area contributed by atoms with Crippen molar-refractivity contribution in [1.29, 1.82) is 0 Å². The number of benzene rings is 2. The van der Waals surface area contributed by atoms with Crippen LogP contribution in [0.3, 0.4) is 0 Å². The molecule has 28 heavy (non-hydrogen) atoms. The van der Waals surface area contributed by atoms with E-state index in [4.69, 9.17) is 4.74 Å². The van der Waals surface area contributed by atoms with Crippen molar-refractivity contribution in [2.45, 2.75) is 19.3 Å². The highest BCUT2D eigenvalue weighted by Crippen LogP contribution is 2.40. The Labute approximate surface area is 164 Å². The molecule has 0 saturated carbocycles. The fourth-order valence-corrected chi connectivity index (χ4v) is 3.58. The van der Waals surface area contributed by atoms with Crippen molar-refractivity contribution < 1.29 is 18.7 Å². The lowest BCUT2D eigenvalue weighted by atomic mass is 9.73. The van der Waals surface area contributed by atoms with Gasteiger partial charge in [0.1, 0.15) is 11.7 Å². The second-order valence-electron chi connectivity index (χ2n) is 7.11. The maximum atomic E-state index is 13.4. The lowest BCUT2D eigenvalue weighted by Crippen LogP contribution is -2.34. The summed E-state index contributed by atoms with van der Waals surface area (Å²) >= 11 is 0. The average Bonchev–Trinajstić information content (AvgIpc) is 2.68. The van der Waals surface area contributed by atoms with Gasteiger partial charge in [0.25, 0.3) is 0 Å². The maximum Gasteiger partial charge on any atom is 0.317 e. The lowest BCUT2D eigenvalue weighted by molar-refractivity contribution is -0.151. The first-order chi connectivity index (χ1) is 13.4. The molecule has 5 heteroatoms. The first-order valence-electron chi connectivity index (χ1n) is 9.35. The van der Waals surface area contributed by atoms with E-state index < -0.39 is 11.9 Å². The average molecular weight is 381 g/mol. The van der Waals surface area contributed by atoms with Gasteiger partial charge >= 0.3 is 5.97 Å². The summed E-state index contributed by atoms with van der Waals surface area (Å²) in [7, 11) is 3.93. The molecule has 2 aromatic rings. The molecule has 3 rings (SSSR count). The molecule has 2 aromatic carbocycles. The Balaban J connectivity index is 1.98. The summed E-state index contributed by atoms with van der Waals surface area (Å²) in [6.07, 6.45) is 2.05.